The van der Waals surface area contributed by atoms with E-state index >= 15 is 0 Å². The van der Waals surface area contributed by atoms with E-state index in [0.29, 0.717) is 5.15 Å². The van der Waals surface area contributed by atoms with Crippen molar-refractivity contribution in [3.8, 4) is 0 Å². The van der Waals surface area contributed by atoms with Crippen LogP contribution in [-0.2, 0) is 16.0 Å². The second-order valence-corrected chi connectivity index (χ2v) is 4.82. The zero-order valence-corrected chi connectivity index (χ0v) is 11.4. The van der Waals surface area contributed by atoms with E-state index in [0.717, 1.165) is 20.9 Å². The van der Waals surface area contributed by atoms with Gasteiger partial charge < -0.3 is 4.74 Å². The van der Waals surface area contributed by atoms with E-state index in [2.05, 4.69) is 25.7 Å². The summed E-state index contributed by atoms with van der Waals surface area (Å²) in [5, 5.41) is 1.27. The average Bonchev–Trinajstić information content (AvgIpc) is 2.29. The van der Waals surface area contributed by atoms with E-state index in [4.69, 9.17) is 11.6 Å². The van der Waals surface area contributed by atoms with Crippen LogP contribution in [0.2, 0.25) is 5.15 Å². The number of rotatable bonds is 2. The number of hydrogen-bond acceptors (Lipinski definition) is 3. The smallest absolute Gasteiger partial charge is 0.310 e. The van der Waals surface area contributed by atoms with Crippen LogP contribution in [0.4, 0.5) is 0 Å². The summed E-state index contributed by atoms with van der Waals surface area (Å²) < 4.78 is 5.59. The molecule has 17 heavy (non-hydrogen) atoms. The average molecular weight is 315 g/mol. The third kappa shape index (κ3) is 2.76. The van der Waals surface area contributed by atoms with E-state index in [1.807, 2.05) is 18.2 Å². The maximum Gasteiger partial charge on any atom is 0.310 e. The minimum absolute atomic E-state index is 0.186. The van der Waals surface area contributed by atoms with Crippen molar-refractivity contribution in [1.29, 1.82) is 0 Å². The number of carbonyl (C=O) groups is 1. The summed E-state index contributed by atoms with van der Waals surface area (Å²) in [5.41, 5.74) is 1.58. The van der Waals surface area contributed by atoms with Gasteiger partial charge in [-0.25, -0.2) is 4.98 Å². The van der Waals surface area contributed by atoms with Crippen LogP contribution in [0.25, 0.3) is 10.9 Å². The summed E-state index contributed by atoms with van der Waals surface area (Å²) >= 11 is 9.31. The fourth-order valence-electron chi connectivity index (χ4n) is 1.61. The zero-order chi connectivity index (χ0) is 12.4. The van der Waals surface area contributed by atoms with Crippen molar-refractivity contribution < 1.29 is 9.53 Å². The molecule has 0 saturated heterocycles. The van der Waals surface area contributed by atoms with Gasteiger partial charge in [0.1, 0.15) is 5.15 Å². The van der Waals surface area contributed by atoms with Crippen LogP contribution in [-0.4, -0.2) is 18.1 Å². The molecule has 0 saturated carbocycles. The van der Waals surface area contributed by atoms with E-state index in [1.54, 1.807) is 6.07 Å². The Kier molecular flexibility index (Phi) is 3.64. The van der Waals surface area contributed by atoms with Crippen molar-refractivity contribution in [3.63, 3.8) is 0 Å². The van der Waals surface area contributed by atoms with Crippen molar-refractivity contribution in [2.24, 2.45) is 0 Å². The van der Waals surface area contributed by atoms with Gasteiger partial charge in [-0.1, -0.05) is 27.5 Å². The standard InChI is InChI=1S/C12H9BrClNO2/c1-17-12(16)5-7-4-11(14)15-10-3-2-8(13)6-9(7)10/h2-4,6H,5H2,1H3. The summed E-state index contributed by atoms with van der Waals surface area (Å²) in [6, 6.07) is 7.34. The number of aromatic nitrogens is 1. The number of esters is 1. The van der Waals surface area contributed by atoms with Gasteiger partial charge in [0, 0.05) is 9.86 Å². The van der Waals surface area contributed by atoms with Gasteiger partial charge in [-0.3, -0.25) is 4.79 Å². The van der Waals surface area contributed by atoms with Crippen LogP contribution in [0.5, 0.6) is 0 Å². The molecular formula is C12H9BrClNO2. The topological polar surface area (TPSA) is 39.2 Å². The largest absolute Gasteiger partial charge is 0.469 e. The first-order valence-electron chi connectivity index (χ1n) is 4.91. The highest BCUT2D eigenvalue weighted by molar-refractivity contribution is 9.10. The molecule has 5 heteroatoms. The predicted octanol–water partition coefficient (Wildman–Crippen LogP) is 3.37. The molecule has 0 N–H and O–H groups in total. The van der Waals surface area contributed by atoms with Gasteiger partial charge in [0.15, 0.2) is 0 Å². The Morgan fingerprint density at radius 3 is 2.94 bits per heavy atom. The van der Waals surface area contributed by atoms with Gasteiger partial charge in [0.2, 0.25) is 0 Å². The first-order chi connectivity index (χ1) is 8.10. The highest BCUT2D eigenvalue weighted by atomic mass is 79.9. The molecule has 0 unspecified atom stereocenters. The lowest BCUT2D eigenvalue weighted by Crippen LogP contribution is -2.05. The molecule has 0 spiro atoms. The highest BCUT2D eigenvalue weighted by Gasteiger charge is 2.10. The van der Waals surface area contributed by atoms with Crippen LogP contribution in [0.3, 0.4) is 0 Å². The van der Waals surface area contributed by atoms with Crippen molar-refractivity contribution in [2.75, 3.05) is 7.11 Å². The van der Waals surface area contributed by atoms with Crippen LogP contribution >= 0.6 is 27.5 Å². The molecule has 88 valence electrons. The van der Waals surface area contributed by atoms with Gasteiger partial charge in [0.05, 0.1) is 19.0 Å². The number of ether oxygens (including phenoxy) is 1. The van der Waals surface area contributed by atoms with Crippen molar-refractivity contribution in [1.82, 2.24) is 4.98 Å². The summed E-state index contributed by atoms with van der Waals surface area (Å²) in [7, 11) is 1.36. The molecule has 0 amide bonds. The molecule has 0 bridgehead atoms. The van der Waals surface area contributed by atoms with Crippen LogP contribution in [0.15, 0.2) is 28.7 Å². The fraction of sp³-hybridized carbons (Fsp3) is 0.167. The van der Waals surface area contributed by atoms with Gasteiger partial charge in [-0.2, -0.15) is 0 Å². The van der Waals surface area contributed by atoms with Gasteiger partial charge in [0.25, 0.3) is 0 Å². The molecule has 1 aromatic heterocycles. The molecular weight excluding hydrogens is 305 g/mol. The second kappa shape index (κ2) is 5.02. The first kappa shape index (κ1) is 12.3. The normalized spacial score (nSPS) is 10.5. The second-order valence-electron chi connectivity index (χ2n) is 3.52. The van der Waals surface area contributed by atoms with Gasteiger partial charge in [-0.05, 0) is 29.8 Å². The number of nitrogens with zero attached hydrogens (tertiary/aromatic N) is 1. The van der Waals surface area contributed by atoms with E-state index in [9.17, 15) is 4.79 Å². The van der Waals surface area contributed by atoms with Gasteiger partial charge in [-0.15, -0.1) is 0 Å². The monoisotopic (exact) mass is 313 g/mol. The Labute approximate surface area is 112 Å². The molecule has 0 aliphatic carbocycles. The molecule has 0 aliphatic rings. The minimum Gasteiger partial charge on any atom is -0.469 e. The lowest BCUT2D eigenvalue weighted by Gasteiger charge is -2.06. The lowest BCUT2D eigenvalue weighted by atomic mass is 10.1. The lowest BCUT2D eigenvalue weighted by molar-refractivity contribution is -0.139. The Morgan fingerprint density at radius 1 is 1.47 bits per heavy atom. The first-order valence-corrected chi connectivity index (χ1v) is 6.09. The molecule has 2 aromatic rings. The van der Waals surface area contributed by atoms with Crippen LogP contribution in [0.1, 0.15) is 5.56 Å². The SMILES string of the molecule is COC(=O)Cc1cc(Cl)nc2ccc(Br)cc12. The predicted molar refractivity (Wildman–Crippen MR) is 70.2 cm³/mol. The van der Waals surface area contributed by atoms with Crippen LogP contribution in [0, 0.1) is 0 Å². The van der Waals surface area contributed by atoms with Crippen molar-refractivity contribution >= 4 is 44.4 Å². The molecule has 0 radical (unpaired) electrons. The molecule has 0 aliphatic heterocycles. The third-order valence-electron chi connectivity index (χ3n) is 2.39. The molecule has 2 rings (SSSR count). The number of pyridine rings is 1. The maximum absolute atomic E-state index is 11.3. The summed E-state index contributed by atoms with van der Waals surface area (Å²) in [6.45, 7) is 0. The molecule has 1 heterocycles. The Morgan fingerprint density at radius 2 is 2.24 bits per heavy atom. The molecule has 3 nitrogen and oxygen atoms in total. The minimum atomic E-state index is -0.298. The number of halogens is 2. The van der Waals surface area contributed by atoms with Gasteiger partial charge >= 0.3 is 5.97 Å². The summed E-state index contributed by atoms with van der Waals surface area (Å²) in [5.74, 6) is -0.298. The van der Waals surface area contributed by atoms with Crippen LogP contribution < -0.4 is 0 Å². The number of methoxy groups -OCH3 is 1. The molecule has 1 aromatic carbocycles. The summed E-state index contributed by atoms with van der Waals surface area (Å²) in [6.07, 6.45) is 0.186. The number of fused-ring (bicyclic) bond motifs is 1. The number of hydrogen-bond donors (Lipinski definition) is 0. The molecule has 0 atom stereocenters. The highest BCUT2D eigenvalue weighted by Crippen LogP contribution is 2.25. The van der Waals surface area contributed by atoms with E-state index in [-0.39, 0.29) is 12.4 Å². The number of benzene rings is 1. The third-order valence-corrected chi connectivity index (χ3v) is 3.07. The van der Waals surface area contributed by atoms with Crippen molar-refractivity contribution in [3.05, 3.63) is 39.5 Å². The fourth-order valence-corrected chi connectivity index (χ4v) is 2.19. The Hall–Kier alpha value is -1.13. The number of carbonyl (C=O) groups excluding carboxylic acids is 1. The Balaban J connectivity index is 2.59. The maximum atomic E-state index is 11.3. The summed E-state index contributed by atoms with van der Waals surface area (Å²) in [4.78, 5) is 15.5. The quantitative estimate of drug-likeness (QED) is 0.630. The zero-order valence-electron chi connectivity index (χ0n) is 9.04. The van der Waals surface area contributed by atoms with E-state index < -0.39 is 0 Å². The molecule has 0 fully saturated rings. The van der Waals surface area contributed by atoms with E-state index in [1.165, 1.54) is 7.11 Å². The Bertz CT molecular complexity index is 586. The van der Waals surface area contributed by atoms with Crippen molar-refractivity contribution in [2.45, 2.75) is 6.42 Å².